The van der Waals surface area contributed by atoms with Crippen molar-refractivity contribution in [1.82, 2.24) is 20.3 Å². The number of fused-ring (bicyclic) bond motifs is 2. The van der Waals surface area contributed by atoms with Crippen LogP contribution in [0, 0.1) is 0 Å². The van der Waals surface area contributed by atoms with Crippen LogP contribution in [0.5, 0.6) is 0 Å². The minimum absolute atomic E-state index is 0.00501. The molecule has 3 amide bonds. The lowest BCUT2D eigenvalue weighted by molar-refractivity contribution is -0.255. The van der Waals surface area contributed by atoms with Crippen molar-refractivity contribution in [3.63, 3.8) is 0 Å². The average Bonchev–Trinajstić information content (AvgIpc) is 3.64. The summed E-state index contributed by atoms with van der Waals surface area (Å²) in [5, 5.41) is 20.4. The summed E-state index contributed by atoms with van der Waals surface area (Å²) >= 11 is 0. The number of hydrogen-bond donors (Lipinski definition) is 6. The number of nitrogens with zero attached hydrogens (tertiary/aromatic N) is 2. The maximum atomic E-state index is 13.4. The Morgan fingerprint density at radius 1 is 0.658 bits per heavy atom. The molecule has 0 radical (unpaired) electrons. The molecule has 0 aromatic heterocycles. The number of carboxylic acid groups (broad SMARTS) is 1. The molecule has 6 N–H and O–H groups in total. The highest BCUT2D eigenvalue weighted by Crippen LogP contribution is 2.42. The normalized spacial score (nSPS) is 13.9. The molecule has 5 rings (SSSR count). The van der Waals surface area contributed by atoms with Gasteiger partial charge in [0.2, 0.25) is 5.36 Å². The molecule has 76 heavy (non-hydrogen) atoms. The summed E-state index contributed by atoms with van der Waals surface area (Å²) in [6.45, 7) is 0.859. The van der Waals surface area contributed by atoms with Gasteiger partial charge in [-0.15, -0.1) is 5.06 Å². The van der Waals surface area contributed by atoms with E-state index in [4.69, 9.17) is 9.25 Å². The first-order chi connectivity index (χ1) is 35.7. The number of imide groups is 1. The van der Waals surface area contributed by atoms with E-state index in [0.29, 0.717) is 64.6 Å². The number of carbonyl (C=O) groups is 5. The highest BCUT2D eigenvalue weighted by atomic mass is 32.2. The first kappa shape index (κ1) is 61.1. The zero-order chi connectivity index (χ0) is 55.8. The molecule has 2 aliphatic heterocycles. The monoisotopic (exact) mass is 1140 g/mol. The number of rotatable bonds is 32. The summed E-state index contributed by atoms with van der Waals surface area (Å²) in [5.41, 5.74) is 1.19. The van der Waals surface area contributed by atoms with Gasteiger partial charge >= 0.3 is 5.97 Å². The lowest BCUT2D eigenvalue weighted by atomic mass is 9.89. The van der Waals surface area contributed by atoms with Gasteiger partial charge in [-0.2, -0.15) is 33.7 Å². The lowest BCUT2D eigenvalue weighted by Crippen LogP contribution is -2.32. The quantitative estimate of drug-likeness (QED) is 0.0135. The van der Waals surface area contributed by atoms with Gasteiger partial charge in [0.1, 0.15) is 24.4 Å². The number of nitrogens with one attached hydrogen (secondary N) is 2. The third kappa shape index (κ3) is 20.0. The van der Waals surface area contributed by atoms with Gasteiger partial charge in [0.25, 0.3) is 58.2 Å². The molecule has 0 bridgehead atoms. The summed E-state index contributed by atoms with van der Waals surface area (Å²) in [6, 6.07) is 13.4. The van der Waals surface area contributed by atoms with Crippen molar-refractivity contribution in [2.45, 2.75) is 102 Å². The van der Waals surface area contributed by atoms with Gasteiger partial charge in [0.15, 0.2) is 0 Å². The first-order valence-corrected chi connectivity index (χ1v) is 30.9. The molecule has 1 atom stereocenters. The number of aromatic carboxylic acids is 1. The van der Waals surface area contributed by atoms with Crippen LogP contribution in [-0.4, -0.2) is 136 Å². The number of amides is 3. The van der Waals surface area contributed by atoms with E-state index in [0.717, 1.165) is 0 Å². The predicted molar refractivity (Wildman–Crippen MR) is 274 cm³/mol. The summed E-state index contributed by atoms with van der Waals surface area (Å²) in [7, 11) is -17.1. The molecular weight excluding hydrogens is 1080 g/mol. The predicted octanol–water partition coefficient (Wildman–Crippen LogP) is 2.93. The van der Waals surface area contributed by atoms with Crippen molar-refractivity contribution in [3.05, 3.63) is 76.6 Å². The molecule has 28 heteroatoms. The van der Waals surface area contributed by atoms with E-state index in [2.05, 4.69) is 10.6 Å². The molecule has 1 aliphatic carbocycles. The van der Waals surface area contributed by atoms with Crippen molar-refractivity contribution in [1.29, 1.82) is 0 Å². The van der Waals surface area contributed by atoms with Crippen molar-refractivity contribution in [2.24, 2.45) is 0 Å². The van der Waals surface area contributed by atoms with E-state index in [-0.39, 0.29) is 118 Å². The zero-order valence-corrected chi connectivity index (χ0v) is 44.7. The largest absolute Gasteiger partial charge is 0.545 e. The second kappa shape index (κ2) is 27.5. The lowest BCUT2D eigenvalue weighted by Gasteiger charge is -2.22. The van der Waals surface area contributed by atoms with Crippen molar-refractivity contribution >= 4 is 81.1 Å². The second-order valence-corrected chi connectivity index (χ2v) is 24.6. The highest BCUT2D eigenvalue weighted by Gasteiger charge is 2.33. The van der Waals surface area contributed by atoms with Gasteiger partial charge in [-0.05, 0) is 93.3 Å². The molecule has 418 valence electrons. The highest BCUT2D eigenvalue weighted by molar-refractivity contribution is 7.86. The molecule has 1 unspecified atom stereocenters. The Balaban J connectivity index is 1.51. The Morgan fingerprint density at radius 2 is 1.22 bits per heavy atom. The Bertz CT molecular complexity index is 3210. The average molecular weight is 1140 g/mol. The van der Waals surface area contributed by atoms with Crippen molar-refractivity contribution in [2.75, 3.05) is 49.2 Å². The van der Waals surface area contributed by atoms with Crippen LogP contribution in [0.15, 0.2) is 59.0 Å². The molecule has 3 aliphatic rings. The maximum Gasteiger partial charge on any atom is 0.333 e. The topological polar surface area (TPSA) is 379 Å². The molecule has 0 spiro atoms. The molecule has 1 fully saturated rings. The fourth-order valence-corrected chi connectivity index (χ4v) is 10.9. The molecule has 2 aromatic rings. The second-order valence-electron chi connectivity index (χ2n) is 18.3. The third-order valence-corrected chi connectivity index (χ3v) is 15.6. The fraction of sp³-hybridized carbons (Fsp3) is 0.500. The van der Waals surface area contributed by atoms with Crippen LogP contribution in [0.1, 0.15) is 129 Å². The third-order valence-electron chi connectivity index (χ3n) is 12.3. The van der Waals surface area contributed by atoms with Gasteiger partial charge in [-0.25, -0.2) is 9.37 Å². The minimum atomic E-state index is -4.35. The van der Waals surface area contributed by atoms with Crippen LogP contribution in [0.4, 0.5) is 0 Å². The Labute approximate surface area is 440 Å². The van der Waals surface area contributed by atoms with Crippen LogP contribution < -0.4 is 25.7 Å². The van der Waals surface area contributed by atoms with E-state index < -0.39 is 99.2 Å². The Morgan fingerprint density at radius 3 is 1.83 bits per heavy atom. The number of hydrogen-bond acceptors (Lipinski definition) is 17. The molecule has 0 saturated carbocycles. The van der Waals surface area contributed by atoms with Crippen LogP contribution in [0.2, 0.25) is 0 Å². The van der Waals surface area contributed by atoms with Crippen LogP contribution in [0.3, 0.4) is 0 Å². The molecule has 2 aromatic carbocycles. The summed E-state index contributed by atoms with van der Waals surface area (Å²) < 4.78 is 138. The van der Waals surface area contributed by atoms with Gasteiger partial charge in [-0.1, -0.05) is 31.0 Å². The first-order valence-electron chi connectivity index (χ1n) is 24.5. The molecule has 1 saturated heterocycles. The van der Waals surface area contributed by atoms with Gasteiger partial charge in [0.05, 0.1) is 35.0 Å². The van der Waals surface area contributed by atoms with Crippen molar-refractivity contribution < 1.29 is 90.2 Å². The Kier molecular flexibility index (Phi) is 22.2. The number of hydroxylamine groups is 2. The number of carbonyl (C=O) groups excluding carboxylic acids is 5. The molecule has 2 heterocycles. The standard InChI is InChI=1S/C48H62N4O20S4/c53-43-20-21-44(54)52(43)72-45(55)13-3-1-2-4-23-50-47(56)34-15-17-36(39(30-34)48(57)58)46-37-18-14-33(40(12-11-29-76(68,69)70)49-22-5-8-26-73(59,60)61)31-41(37)71-42-32-35(16-19-38(42)46)51(24-6-9-27-74(62,63)64)25-7-10-28-75(65,66)67/h14-19,30-32,40,49H,1-13,20-29H2,(H5-,50,56,57,58,59,60,61,62,63,64,65,66,67,68,69,70). The molecular formula is C48H62N4O20S4. The number of benzene rings is 3. The van der Waals surface area contributed by atoms with E-state index in [1.54, 1.807) is 36.4 Å². The zero-order valence-electron chi connectivity index (χ0n) is 41.4. The minimum Gasteiger partial charge on any atom is -0.545 e. The smallest absolute Gasteiger partial charge is 0.333 e. The summed E-state index contributed by atoms with van der Waals surface area (Å²) in [4.78, 5) is 66.9. The van der Waals surface area contributed by atoms with Crippen LogP contribution in [-0.2, 0) is 59.7 Å². The number of unbranched alkanes of at least 4 members (excludes halogenated alkanes) is 6. The maximum absolute atomic E-state index is 13.4. The van der Waals surface area contributed by atoms with Crippen LogP contribution in [0.25, 0.3) is 33.4 Å². The van der Waals surface area contributed by atoms with Crippen LogP contribution >= 0.6 is 0 Å². The van der Waals surface area contributed by atoms with E-state index in [9.17, 15) is 81.0 Å². The molecule has 24 nitrogen and oxygen atoms in total. The van der Waals surface area contributed by atoms with Gasteiger partial charge in [-0.3, -0.25) is 32.6 Å². The van der Waals surface area contributed by atoms with Gasteiger partial charge in [0, 0.05) is 78.4 Å². The summed E-state index contributed by atoms with van der Waals surface area (Å²) in [6.07, 6.45) is 3.17. The number of carboxylic acids is 1. The summed E-state index contributed by atoms with van der Waals surface area (Å²) in [5.74, 6) is -5.98. The fourth-order valence-electron chi connectivity index (χ4n) is 8.62. The SMILES string of the molecule is O=C(CCCCCCNC(=O)c1ccc(-c2c3ccc(=[N+](CCCCS(=O)(=O)O)CCCCS(=O)(=O)O)cc-3oc3cc(C(CCCS(=O)(=O)O)NCCCCS(=O)(=O)O)ccc23)c(C(=O)[O-])c1)ON1C(=O)CCC1=O. The Hall–Kier alpha value is -5.72. The van der Waals surface area contributed by atoms with E-state index in [1.807, 2.05) is 4.58 Å². The van der Waals surface area contributed by atoms with E-state index >= 15 is 0 Å². The van der Waals surface area contributed by atoms with Gasteiger partial charge < -0.3 is 29.8 Å². The van der Waals surface area contributed by atoms with E-state index in [1.165, 1.54) is 18.2 Å². The van der Waals surface area contributed by atoms with Crippen molar-refractivity contribution in [3.8, 4) is 22.5 Å².